The van der Waals surface area contributed by atoms with Crippen molar-refractivity contribution in [1.29, 1.82) is 0 Å². The molecule has 2 heterocycles. The number of aliphatic hydroxyl groups is 1. The van der Waals surface area contributed by atoms with E-state index in [2.05, 4.69) is 0 Å². The lowest BCUT2D eigenvalue weighted by atomic mass is 10.1. The minimum Gasteiger partial charge on any atom is -0.391 e. The summed E-state index contributed by atoms with van der Waals surface area (Å²) >= 11 is 1.36. The van der Waals surface area contributed by atoms with Gasteiger partial charge in [-0.05, 0) is 32.8 Å². The van der Waals surface area contributed by atoms with Gasteiger partial charge in [-0.1, -0.05) is 12.8 Å². The van der Waals surface area contributed by atoms with Crippen LogP contribution in [0.3, 0.4) is 0 Å². The van der Waals surface area contributed by atoms with Gasteiger partial charge in [0, 0.05) is 22.3 Å². The van der Waals surface area contributed by atoms with Crippen molar-refractivity contribution in [1.82, 2.24) is 4.31 Å². The summed E-state index contributed by atoms with van der Waals surface area (Å²) in [5.41, 5.74) is 0. The zero-order chi connectivity index (χ0) is 14.0. The Hall–Kier alpha value is -0.430. The van der Waals surface area contributed by atoms with Crippen LogP contribution in [-0.4, -0.2) is 30.4 Å². The van der Waals surface area contributed by atoms with Crippen LogP contribution in [0.2, 0.25) is 0 Å². The van der Waals surface area contributed by atoms with Gasteiger partial charge in [0.05, 0.1) is 11.5 Å². The van der Waals surface area contributed by atoms with Crippen LogP contribution in [0.15, 0.2) is 11.0 Å². The summed E-state index contributed by atoms with van der Waals surface area (Å²) in [6.07, 6.45) is 4.05. The maximum atomic E-state index is 12.8. The lowest BCUT2D eigenvalue weighted by Crippen LogP contribution is -2.38. The van der Waals surface area contributed by atoms with Crippen LogP contribution >= 0.6 is 11.3 Å². The molecule has 0 radical (unpaired) electrons. The van der Waals surface area contributed by atoms with E-state index in [0.29, 0.717) is 16.3 Å². The van der Waals surface area contributed by atoms with Crippen molar-refractivity contribution in [3.05, 3.63) is 15.8 Å². The summed E-state index contributed by atoms with van der Waals surface area (Å²) in [6, 6.07) is 1.68. The maximum Gasteiger partial charge on any atom is 0.244 e. The molecule has 1 atom stereocenters. The van der Waals surface area contributed by atoms with Gasteiger partial charge in [-0.25, -0.2) is 8.42 Å². The van der Waals surface area contributed by atoms with E-state index in [1.165, 1.54) is 11.3 Å². The first-order chi connectivity index (χ1) is 8.96. The molecule has 6 heteroatoms. The summed E-state index contributed by atoms with van der Waals surface area (Å²) in [7, 11) is -3.42. The highest BCUT2D eigenvalue weighted by Crippen LogP contribution is 2.31. The Balaban J connectivity index is 2.37. The van der Waals surface area contributed by atoms with Gasteiger partial charge in [0.1, 0.15) is 0 Å². The smallest absolute Gasteiger partial charge is 0.244 e. The number of nitrogens with zero attached hydrogens (tertiary/aromatic N) is 1. The van der Waals surface area contributed by atoms with Crippen LogP contribution in [0.5, 0.6) is 0 Å². The number of sulfonamides is 1. The molecule has 4 nitrogen and oxygen atoms in total. The summed E-state index contributed by atoms with van der Waals surface area (Å²) in [6.45, 7) is 4.29. The first-order valence-corrected chi connectivity index (χ1v) is 8.94. The molecule has 0 saturated carbocycles. The number of thiophene rings is 1. The van der Waals surface area contributed by atoms with Gasteiger partial charge in [0.2, 0.25) is 10.0 Å². The monoisotopic (exact) mass is 303 g/mol. The van der Waals surface area contributed by atoms with E-state index < -0.39 is 10.0 Å². The molecule has 1 saturated heterocycles. The average Bonchev–Trinajstić information content (AvgIpc) is 2.61. The molecule has 108 valence electrons. The molecule has 1 aliphatic rings. The summed E-state index contributed by atoms with van der Waals surface area (Å²) in [5.74, 6) is 0. The minimum absolute atomic E-state index is 0.0596. The van der Waals surface area contributed by atoms with Crippen molar-refractivity contribution in [2.45, 2.75) is 57.1 Å². The molecule has 1 aliphatic heterocycles. The molecule has 0 spiro atoms. The lowest BCUT2D eigenvalue weighted by Gasteiger charge is -2.26. The predicted molar refractivity (Wildman–Crippen MR) is 76.8 cm³/mol. The third kappa shape index (κ3) is 3.02. The van der Waals surface area contributed by atoms with Crippen LogP contribution in [0.25, 0.3) is 0 Å². The molecule has 2 rings (SSSR count). The highest BCUT2D eigenvalue weighted by molar-refractivity contribution is 7.89. The Labute approximate surface area is 119 Å². The van der Waals surface area contributed by atoms with E-state index in [-0.39, 0.29) is 12.6 Å². The van der Waals surface area contributed by atoms with E-state index >= 15 is 0 Å². The molecule has 0 bridgehead atoms. The number of rotatable bonds is 3. The normalized spacial score (nSPS) is 22.4. The quantitative estimate of drug-likeness (QED) is 0.933. The van der Waals surface area contributed by atoms with Gasteiger partial charge in [0.25, 0.3) is 0 Å². The first kappa shape index (κ1) is 15.0. The number of aliphatic hydroxyl groups excluding tert-OH is 1. The molecule has 1 aromatic heterocycles. The van der Waals surface area contributed by atoms with Crippen molar-refractivity contribution in [3.63, 3.8) is 0 Å². The second-order valence-corrected chi connectivity index (χ2v) is 8.31. The van der Waals surface area contributed by atoms with Gasteiger partial charge >= 0.3 is 0 Å². The highest BCUT2D eigenvalue weighted by Gasteiger charge is 2.32. The molecule has 0 amide bonds. The highest BCUT2D eigenvalue weighted by atomic mass is 32.2. The number of hydrogen-bond donors (Lipinski definition) is 1. The number of hydrogen-bond acceptors (Lipinski definition) is 4. The van der Waals surface area contributed by atoms with Crippen LogP contribution in [0.1, 0.15) is 42.4 Å². The third-order valence-electron chi connectivity index (χ3n) is 3.66. The molecule has 0 aromatic carbocycles. The van der Waals surface area contributed by atoms with Crippen molar-refractivity contribution >= 4 is 21.4 Å². The minimum atomic E-state index is -3.42. The topological polar surface area (TPSA) is 57.6 Å². The summed E-state index contributed by atoms with van der Waals surface area (Å²) in [4.78, 5) is 1.84. The standard InChI is InChI=1S/C13H21NO3S2/c1-10-6-4-3-5-7-14(10)19(16,17)13-8-12(9-15)18-11(13)2/h8,10,15H,3-7,9H2,1-2H3. The fraction of sp³-hybridized carbons (Fsp3) is 0.692. The Morgan fingerprint density at radius 1 is 1.42 bits per heavy atom. The van der Waals surface area contributed by atoms with Crippen molar-refractivity contribution in [3.8, 4) is 0 Å². The largest absolute Gasteiger partial charge is 0.391 e. The Kier molecular flexibility index (Phi) is 4.66. The zero-order valence-corrected chi connectivity index (χ0v) is 13.1. The van der Waals surface area contributed by atoms with Crippen molar-refractivity contribution < 1.29 is 13.5 Å². The van der Waals surface area contributed by atoms with E-state index in [1.54, 1.807) is 17.3 Å². The van der Waals surface area contributed by atoms with E-state index in [9.17, 15) is 8.42 Å². The van der Waals surface area contributed by atoms with E-state index in [4.69, 9.17) is 5.11 Å². The fourth-order valence-corrected chi connectivity index (χ4v) is 5.76. The SMILES string of the molecule is Cc1sc(CO)cc1S(=O)(=O)N1CCCCCC1C. The van der Waals surface area contributed by atoms with Crippen molar-refractivity contribution in [2.24, 2.45) is 0 Å². The Bertz CT molecular complexity index is 536. The molecule has 1 unspecified atom stereocenters. The molecular weight excluding hydrogens is 282 g/mol. The van der Waals surface area contributed by atoms with E-state index in [1.807, 2.05) is 6.92 Å². The molecule has 1 N–H and O–H groups in total. The second-order valence-electron chi connectivity index (χ2n) is 5.11. The van der Waals surface area contributed by atoms with E-state index in [0.717, 1.165) is 30.6 Å². The molecule has 1 aromatic rings. The summed E-state index contributed by atoms with van der Waals surface area (Å²) in [5, 5.41) is 9.15. The van der Waals surface area contributed by atoms with Gasteiger partial charge in [-0.3, -0.25) is 0 Å². The van der Waals surface area contributed by atoms with Gasteiger partial charge in [-0.2, -0.15) is 4.31 Å². The van der Waals surface area contributed by atoms with Gasteiger partial charge in [-0.15, -0.1) is 11.3 Å². The maximum absolute atomic E-state index is 12.8. The lowest BCUT2D eigenvalue weighted by molar-refractivity contribution is 0.285. The molecule has 0 aliphatic carbocycles. The predicted octanol–water partition coefficient (Wildman–Crippen LogP) is 2.50. The molecular formula is C13H21NO3S2. The van der Waals surface area contributed by atoms with Crippen LogP contribution < -0.4 is 0 Å². The average molecular weight is 303 g/mol. The second kappa shape index (κ2) is 5.91. The molecule has 19 heavy (non-hydrogen) atoms. The van der Waals surface area contributed by atoms with Crippen LogP contribution in [0.4, 0.5) is 0 Å². The number of aryl methyl sites for hydroxylation is 1. The first-order valence-electron chi connectivity index (χ1n) is 6.69. The van der Waals surface area contributed by atoms with Crippen LogP contribution in [0, 0.1) is 6.92 Å². The fourth-order valence-electron chi connectivity index (χ4n) is 2.59. The Morgan fingerprint density at radius 3 is 2.79 bits per heavy atom. The Morgan fingerprint density at radius 2 is 2.16 bits per heavy atom. The zero-order valence-electron chi connectivity index (χ0n) is 11.4. The van der Waals surface area contributed by atoms with Gasteiger partial charge < -0.3 is 5.11 Å². The third-order valence-corrected chi connectivity index (χ3v) is 6.96. The summed E-state index contributed by atoms with van der Waals surface area (Å²) < 4.78 is 27.1. The van der Waals surface area contributed by atoms with Crippen LogP contribution in [-0.2, 0) is 16.6 Å². The van der Waals surface area contributed by atoms with Crippen molar-refractivity contribution in [2.75, 3.05) is 6.54 Å². The van der Waals surface area contributed by atoms with Gasteiger partial charge in [0.15, 0.2) is 0 Å². The molecule has 1 fully saturated rings.